The van der Waals surface area contributed by atoms with E-state index in [1.165, 1.54) is 10.8 Å². The highest BCUT2D eigenvalue weighted by atomic mass is 32.2. The van der Waals surface area contributed by atoms with Crippen molar-refractivity contribution in [2.75, 3.05) is 18.0 Å². The highest BCUT2D eigenvalue weighted by molar-refractivity contribution is 7.99. The van der Waals surface area contributed by atoms with E-state index >= 15 is 0 Å². The van der Waals surface area contributed by atoms with Gasteiger partial charge in [0, 0.05) is 23.5 Å². The predicted molar refractivity (Wildman–Crippen MR) is 114 cm³/mol. The van der Waals surface area contributed by atoms with Crippen LogP contribution in [0, 0.1) is 0 Å². The van der Waals surface area contributed by atoms with Crippen LogP contribution in [0.25, 0.3) is 22.1 Å². The zero-order chi connectivity index (χ0) is 19.1. The average Bonchev–Trinajstić information content (AvgIpc) is 3.11. The summed E-state index contributed by atoms with van der Waals surface area (Å²) in [5.41, 5.74) is 7.53. The Morgan fingerprint density at radius 3 is 2.68 bits per heavy atom. The van der Waals surface area contributed by atoms with E-state index in [2.05, 4.69) is 69.2 Å². The largest absolute Gasteiger partial charge is 0.342 e. The molecule has 0 bridgehead atoms. The van der Waals surface area contributed by atoms with Crippen LogP contribution >= 0.6 is 11.8 Å². The molecule has 1 aliphatic heterocycles. The molecule has 0 aliphatic carbocycles. The molecule has 0 saturated carbocycles. The first-order chi connectivity index (χ1) is 13.6. The summed E-state index contributed by atoms with van der Waals surface area (Å²) in [7, 11) is 0. The van der Waals surface area contributed by atoms with Gasteiger partial charge in [-0.25, -0.2) is 9.97 Å². The summed E-state index contributed by atoms with van der Waals surface area (Å²) in [6.07, 6.45) is 3.71. The maximum Gasteiger partial charge on any atom is 0.206 e. The molecular formula is C21H22N6S. The summed E-state index contributed by atoms with van der Waals surface area (Å²) in [6.45, 7) is 3.90. The number of anilines is 1. The first kappa shape index (κ1) is 17.5. The van der Waals surface area contributed by atoms with Gasteiger partial charge in [0.1, 0.15) is 5.03 Å². The Kier molecular flexibility index (Phi) is 4.21. The van der Waals surface area contributed by atoms with Crippen LogP contribution in [0.15, 0.2) is 58.6 Å². The topological polar surface area (TPSA) is 83.7 Å². The molecule has 1 aliphatic rings. The van der Waals surface area contributed by atoms with Crippen molar-refractivity contribution >= 4 is 39.8 Å². The van der Waals surface area contributed by atoms with Gasteiger partial charge in [0.25, 0.3) is 0 Å². The molecule has 0 radical (unpaired) electrons. The minimum atomic E-state index is -0.0807. The molecule has 1 saturated heterocycles. The van der Waals surface area contributed by atoms with Crippen molar-refractivity contribution in [2.24, 2.45) is 5.73 Å². The number of hydrogen-bond donors (Lipinski definition) is 2. The lowest BCUT2D eigenvalue weighted by atomic mass is 9.91. The molecule has 28 heavy (non-hydrogen) atoms. The number of aromatic nitrogens is 4. The lowest BCUT2D eigenvalue weighted by molar-refractivity contribution is 0.362. The molecule has 3 N–H and O–H groups in total. The number of hydrogen-bond acceptors (Lipinski definition) is 6. The Hall–Kier alpha value is -2.64. The number of imidazole rings is 1. The van der Waals surface area contributed by atoms with E-state index in [9.17, 15) is 0 Å². The molecule has 5 rings (SSSR count). The molecule has 3 heterocycles. The van der Waals surface area contributed by atoms with Crippen molar-refractivity contribution in [1.82, 2.24) is 19.9 Å². The maximum absolute atomic E-state index is 6.24. The van der Waals surface area contributed by atoms with E-state index in [-0.39, 0.29) is 5.54 Å². The fraction of sp³-hybridized carbons (Fsp3) is 0.286. The summed E-state index contributed by atoms with van der Waals surface area (Å²) < 4.78 is 0. The second-order valence-electron chi connectivity index (χ2n) is 7.69. The van der Waals surface area contributed by atoms with Crippen molar-refractivity contribution in [1.29, 1.82) is 0 Å². The minimum absolute atomic E-state index is 0.0807. The van der Waals surface area contributed by atoms with Gasteiger partial charge in [0.05, 0.1) is 6.20 Å². The van der Waals surface area contributed by atoms with Crippen molar-refractivity contribution in [3.63, 3.8) is 0 Å². The van der Waals surface area contributed by atoms with Crippen molar-refractivity contribution < 1.29 is 0 Å². The Balaban J connectivity index is 1.38. The average molecular weight is 391 g/mol. The number of H-pyrrole nitrogens is 1. The number of piperidine rings is 1. The summed E-state index contributed by atoms with van der Waals surface area (Å²) in [5.74, 6) is 0.832. The highest BCUT2D eigenvalue weighted by Crippen LogP contribution is 2.30. The first-order valence-electron chi connectivity index (χ1n) is 9.49. The van der Waals surface area contributed by atoms with Crippen molar-refractivity contribution in [2.45, 2.75) is 35.2 Å². The molecule has 0 spiro atoms. The monoisotopic (exact) mass is 390 g/mol. The van der Waals surface area contributed by atoms with Gasteiger partial charge in [-0.3, -0.25) is 0 Å². The summed E-state index contributed by atoms with van der Waals surface area (Å²) >= 11 is 1.60. The summed E-state index contributed by atoms with van der Waals surface area (Å²) in [6, 6.07) is 14.8. The Bertz CT molecular complexity index is 1140. The quantitative estimate of drug-likeness (QED) is 0.551. The van der Waals surface area contributed by atoms with Gasteiger partial charge >= 0.3 is 0 Å². The van der Waals surface area contributed by atoms with Crippen LogP contribution in [0.2, 0.25) is 0 Å². The molecule has 7 heteroatoms. The third-order valence-electron chi connectivity index (χ3n) is 5.32. The fourth-order valence-electron chi connectivity index (χ4n) is 3.54. The predicted octanol–water partition coefficient (Wildman–Crippen LogP) is 3.97. The fourth-order valence-corrected chi connectivity index (χ4v) is 4.34. The number of nitrogens with two attached hydrogens (primary N) is 1. The molecule has 4 aromatic rings. The Morgan fingerprint density at radius 2 is 1.86 bits per heavy atom. The Labute approximate surface area is 167 Å². The standard InChI is InChI=1S/C21H22N6S/c1-21(22)8-10-27(11-9-21)20-25-18-19(26-20)24-17(13-23-18)28-16-7-6-14-4-2-3-5-15(14)12-16/h2-7,12-13H,8-11,22H2,1H3,(H,23,24,25,26). The number of rotatable bonds is 3. The number of nitrogens with one attached hydrogen (secondary N) is 1. The molecule has 0 atom stereocenters. The van der Waals surface area contributed by atoms with E-state index in [1.807, 2.05) is 0 Å². The van der Waals surface area contributed by atoms with E-state index in [1.54, 1.807) is 18.0 Å². The van der Waals surface area contributed by atoms with E-state index in [0.717, 1.165) is 47.4 Å². The minimum Gasteiger partial charge on any atom is -0.342 e. The van der Waals surface area contributed by atoms with Crippen LogP contribution in [-0.2, 0) is 0 Å². The van der Waals surface area contributed by atoms with Crippen LogP contribution in [0.4, 0.5) is 5.95 Å². The summed E-state index contributed by atoms with van der Waals surface area (Å²) in [4.78, 5) is 20.6. The number of benzene rings is 2. The highest BCUT2D eigenvalue weighted by Gasteiger charge is 2.27. The molecule has 0 amide bonds. The van der Waals surface area contributed by atoms with Crippen LogP contribution in [0.1, 0.15) is 19.8 Å². The molecule has 2 aromatic carbocycles. The number of nitrogens with zero attached hydrogens (tertiary/aromatic N) is 4. The first-order valence-corrected chi connectivity index (χ1v) is 10.3. The van der Waals surface area contributed by atoms with Gasteiger partial charge in [0.15, 0.2) is 11.3 Å². The number of fused-ring (bicyclic) bond motifs is 2. The van der Waals surface area contributed by atoms with E-state index < -0.39 is 0 Å². The van der Waals surface area contributed by atoms with E-state index in [0.29, 0.717) is 5.65 Å². The van der Waals surface area contributed by atoms with Gasteiger partial charge in [0.2, 0.25) is 5.95 Å². The zero-order valence-electron chi connectivity index (χ0n) is 15.7. The van der Waals surface area contributed by atoms with Gasteiger partial charge in [-0.2, -0.15) is 4.98 Å². The van der Waals surface area contributed by atoms with Gasteiger partial charge in [-0.15, -0.1) is 0 Å². The molecule has 2 aromatic heterocycles. The van der Waals surface area contributed by atoms with Crippen LogP contribution in [0.5, 0.6) is 0 Å². The Morgan fingerprint density at radius 1 is 1.07 bits per heavy atom. The van der Waals surface area contributed by atoms with Crippen LogP contribution in [-0.4, -0.2) is 38.6 Å². The smallest absolute Gasteiger partial charge is 0.206 e. The molecule has 1 fully saturated rings. The molecular weight excluding hydrogens is 368 g/mol. The second kappa shape index (κ2) is 6.76. The van der Waals surface area contributed by atoms with Gasteiger partial charge in [-0.1, -0.05) is 42.1 Å². The van der Waals surface area contributed by atoms with Gasteiger partial charge in [-0.05, 0) is 42.7 Å². The third-order valence-corrected chi connectivity index (χ3v) is 6.22. The second-order valence-corrected chi connectivity index (χ2v) is 8.79. The molecule has 6 nitrogen and oxygen atoms in total. The molecule has 142 valence electrons. The summed E-state index contributed by atoms with van der Waals surface area (Å²) in [5, 5.41) is 3.30. The van der Waals surface area contributed by atoms with Crippen LogP contribution in [0.3, 0.4) is 0 Å². The zero-order valence-corrected chi connectivity index (χ0v) is 16.5. The van der Waals surface area contributed by atoms with Crippen molar-refractivity contribution in [3.05, 3.63) is 48.7 Å². The SMILES string of the molecule is CC1(N)CCN(c2nc3nc(Sc4ccc5ccccc5c4)cnc3[nH]2)CC1. The van der Waals surface area contributed by atoms with Gasteiger partial charge < -0.3 is 15.6 Å². The van der Waals surface area contributed by atoms with Crippen molar-refractivity contribution in [3.8, 4) is 0 Å². The normalized spacial score (nSPS) is 16.7. The maximum atomic E-state index is 6.24. The molecule has 0 unspecified atom stereocenters. The van der Waals surface area contributed by atoms with E-state index in [4.69, 9.17) is 10.7 Å². The third kappa shape index (κ3) is 3.43. The van der Waals surface area contributed by atoms with Crippen LogP contribution < -0.4 is 10.6 Å². The number of aromatic amines is 1. The lowest BCUT2D eigenvalue weighted by Crippen LogP contribution is -2.48. The lowest BCUT2D eigenvalue weighted by Gasteiger charge is -2.36.